The smallest absolute Gasteiger partial charge is 0.308 e. The molecule has 4 unspecified atom stereocenters. The fourth-order valence-electron chi connectivity index (χ4n) is 7.03. The first kappa shape index (κ1) is 22.9. The predicted octanol–water partition coefficient (Wildman–Crippen LogP) is 5.87. The Morgan fingerprint density at radius 2 is 1.74 bits per heavy atom. The van der Waals surface area contributed by atoms with E-state index >= 15 is 0 Å². The highest BCUT2D eigenvalue weighted by Crippen LogP contribution is 2.64. The van der Waals surface area contributed by atoms with Gasteiger partial charge in [0.2, 0.25) is 5.91 Å². The van der Waals surface area contributed by atoms with Gasteiger partial charge in [-0.3, -0.25) is 14.2 Å². The van der Waals surface area contributed by atoms with E-state index in [1.807, 2.05) is 21.2 Å². The third-order valence-electron chi connectivity index (χ3n) is 8.83. The van der Waals surface area contributed by atoms with Crippen LogP contribution < -0.4 is 4.87 Å². The maximum atomic E-state index is 13.3. The van der Waals surface area contributed by atoms with Crippen LogP contribution in [0.25, 0.3) is 0 Å². The Hall–Kier alpha value is -1.53. The van der Waals surface area contributed by atoms with Crippen molar-refractivity contribution in [3.63, 3.8) is 0 Å². The van der Waals surface area contributed by atoms with Crippen LogP contribution in [0.5, 0.6) is 0 Å². The van der Waals surface area contributed by atoms with Gasteiger partial charge in [-0.25, -0.2) is 0 Å². The van der Waals surface area contributed by atoms with E-state index in [1.165, 1.54) is 53.0 Å². The average molecular weight is 497 g/mol. The van der Waals surface area contributed by atoms with Crippen molar-refractivity contribution >= 4 is 29.0 Å². The number of fused-ring (bicyclic) bond motifs is 6. The van der Waals surface area contributed by atoms with Crippen molar-refractivity contribution in [3.8, 4) is 0 Å². The van der Waals surface area contributed by atoms with Crippen LogP contribution in [0.15, 0.2) is 34.1 Å². The minimum Gasteiger partial charge on any atom is -0.341 e. The summed E-state index contributed by atoms with van der Waals surface area (Å²) in [6, 6.07) is 9.22. The molecule has 3 fully saturated rings. The molecular formula is C28H36N2O2S2. The van der Waals surface area contributed by atoms with Crippen molar-refractivity contribution in [2.45, 2.75) is 87.4 Å². The zero-order chi connectivity index (χ0) is 23.6. The second kappa shape index (κ2) is 8.55. The third-order valence-corrected chi connectivity index (χ3v) is 11.7. The van der Waals surface area contributed by atoms with E-state index in [2.05, 4.69) is 45.0 Å². The van der Waals surface area contributed by atoms with Crippen molar-refractivity contribution in [1.29, 1.82) is 0 Å². The lowest BCUT2D eigenvalue weighted by Gasteiger charge is -2.40. The predicted molar refractivity (Wildman–Crippen MR) is 140 cm³/mol. The number of thioether (sulfide) groups is 1. The number of rotatable bonds is 3. The largest absolute Gasteiger partial charge is 0.341 e. The number of carbonyl (C=O) groups is 1. The van der Waals surface area contributed by atoms with E-state index in [1.54, 1.807) is 0 Å². The quantitative estimate of drug-likeness (QED) is 0.534. The summed E-state index contributed by atoms with van der Waals surface area (Å²) in [5.41, 5.74) is 2.83. The van der Waals surface area contributed by atoms with Crippen LogP contribution in [0.2, 0.25) is 0 Å². The summed E-state index contributed by atoms with van der Waals surface area (Å²) in [5.74, 6) is 2.54. The molecule has 0 radical (unpaired) electrons. The number of aromatic nitrogens is 1. The molecule has 182 valence electrons. The van der Waals surface area contributed by atoms with Gasteiger partial charge >= 0.3 is 4.87 Å². The SMILES string of the molecule is CC(C)(C)c1ccc([C@H]2c3sc(=O)n(CC(=O)N4CCCCC4)c3SC3C4CCC(C4)C32)cc1. The van der Waals surface area contributed by atoms with Crippen LogP contribution in [0.3, 0.4) is 0 Å². The minimum atomic E-state index is 0.0477. The van der Waals surface area contributed by atoms with Gasteiger partial charge in [0.05, 0.1) is 5.03 Å². The summed E-state index contributed by atoms with van der Waals surface area (Å²) in [5, 5.41) is 1.67. The van der Waals surface area contributed by atoms with Crippen molar-refractivity contribution < 1.29 is 4.79 Å². The molecule has 5 atom stereocenters. The van der Waals surface area contributed by atoms with Crippen LogP contribution in [0, 0.1) is 17.8 Å². The zero-order valence-corrected chi connectivity index (χ0v) is 22.2. The minimum absolute atomic E-state index is 0.0477. The van der Waals surface area contributed by atoms with Gasteiger partial charge in [-0.05, 0) is 72.8 Å². The fourth-order valence-corrected chi connectivity index (χ4v) is 10.2. The van der Waals surface area contributed by atoms with E-state index in [4.69, 9.17) is 0 Å². The Balaban J connectivity index is 1.39. The summed E-state index contributed by atoms with van der Waals surface area (Å²) < 4.78 is 1.83. The molecule has 3 heterocycles. The van der Waals surface area contributed by atoms with Crippen molar-refractivity contribution in [2.75, 3.05) is 13.1 Å². The topological polar surface area (TPSA) is 42.3 Å². The first-order chi connectivity index (χ1) is 16.3. The molecule has 2 saturated carbocycles. The molecule has 0 N–H and O–H groups in total. The highest BCUT2D eigenvalue weighted by molar-refractivity contribution is 8.00. The Morgan fingerprint density at radius 3 is 2.44 bits per heavy atom. The van der Waals surface area contributed by atoms with E-state index in [-0.39, 0.29) is 28.7 Å². The lowest BCUT2D eigenvalue weighted by atomic mass is 9.74. The summed E-state index contributed by atoms with van der Waals surface area (Å²) in [6.07, 6.45) is 7.36. The van der Waals surface area contributed by atoms with Gasteiger partial charge in [0.25, 0.3) is 0 Å². The number of nitrogens with zero attached hydrogens (tertiary/aromatic N) is 2. The van der Waals surface area contributed by atoms with E-state index in [0.717, 1.165) is 42.8 Å². The highest BCUT2D eigenvalue weighted by atomic mass is 32.2. The van der Waals surface area contributed by atoms with Crippen molar-refractivity contribution in [1.82, 2.24) is 9.47 Å². The van der Waals surface area contributed by atoms with Gasteiger partial charge in [0, 0.05) is 29.1 Å². The molecule has 1 aromatic heterocycles. The van der Waals surface area contributed by atoms with Crippen LogP contribution in [0.1, 0.15) is 81.2 Å². The maximum Gasteiger partial charge on any atom is 0.308 e. The molecule has 6 heteroatoms. The second-order valence-corrected chi connectivity index (χ2v) is 14.1. The maximum absolute atomic E-state index is 13.3. The van der Waals surface area contributed by atoms with Crippen LogP contribution in [0.4, 0.5) is 0 Å². The molecule has 4 aliphatic rings. The fraction of sp³-hybridized carbons (Fsp3) is 0.643. The highest BCUT2D eigenvalue weighted by Gasteiger charge is 2.55. The molecule has 0 spiro atoms. The molecule has 2 aliphatic carbocycles. The average Bonchev–Trinajstić information content (AvgIpc) is 3.52. The lowest BCUT2D eigenvalue weighted by Crippen LogP contribution is -2.39. The Labute approximate surface area is 211 Å². The van der Waals surface area contributed by atoms with Crippen LogP contribution in [-0.4, -0.2) is 33.7 Å². The zero-order valence-electron chi connectivity index (χ0n) is 20.6. The normalized spacial score (nSPS) is 30.3. The Kier molecular flexibility index (Phi) is 5.76. The lowest BCUT2D eigenvalue weighted by molar-refractivity contribution is -0.132. The molecule has 1 amide bonds. The first-order valence-electron chi connectivity index (χ1n) is 13.1. The molecule has 1 aromatic carbocycles. The summed E-state index contributed by atoms with van der Waals surface area (Å²) >= 11 is 3.35. The van der Waals surface area contributed by atoms with E-state index in [9.17, 15) is 9.59 Å². The van der Waals surface area contributed by atoms with Gasteiger partial charge in [-0.2, -0.15) is 0 Å². The summed E-state index contributed by atoms with van der Waals surface area (Å²) in [4.78, 5) is 29.6. The van der Waals surface area contributed by atoms with Crippen molar-refractivity contribution in [3.05, 3.63) is 49.9 Å². The standard InChI is InChI=1S/C28H36N2O2S2/c1-28(2,3)20-11-9-17(10-12-20)22-23-18-7-8-19(15-18)24(23)33-26-25(22)34-27(32)30(26)16-21(31)29-13-5-4-6-14-29/h9-12,18-19,22-24H,4-8,13-16H2,1-3H3/t18?,19?,22-,23?,24?/m1/s1. The molecule has 2 bridgehead atoms. The molecule has 4 nitrogen and oxygen atoms in total. The van der Waals surface area contributed by atoms with Crippen molar-refractivity contribution in [2.24, 2.45) is 17.8 Å². The number of likely N-dealkylation sites (tertiary alicyclic amines) is 1. The molecule has 2 aliphatic heterocycles. The van der Waals surface area contributed by atoms with Gasteiger partial charge in [0.1, 0.15) is 6.54 Å². The number of thiazole rings is 1. The number of hydrogen-bond acceptors (Lipinski definition) is 4. The Bertz CT molecular complexity index is 1140. The molecule has 1 saturated heterocycles. The number of hydrogen-bond donors (Lipinski definition) is 0. The summed E-state index contributed by atoms with van der Waals surface area (Å²) in [6.45, 7) is 8.66. The summed E-state index contributed by atoms with van der Waals surface area (Å²) in [7, 11) is 0. The van der Waals surface area contributed by atoms with E-state index in [0.29, 0.717) is 11.2 Å². The van der Waals surface area contributed by atoms with Gasteiger partial charge in [-0.1, -0.05) is 56.4 Å². The monoisotopic (exact) mass is 496 g/mol. The van der Waals surface area contributed by atoms with Crippen LogP contribution in [-0.2, 0) is 16.8 Å². The second-order valence-electron chi connectivity index (χ2n) is 11.9. The number of carbonyl (C=O) groups excluding carboxylic acids is 1. The van der Waals surface area contributed by atoms with Gasteiger partial charge in [0.15, 0.2) is 0 Å². The van der Waals surface area contributed by atoms with Crippen LogP contribution >= 0.6 is 23.1 Å². The molecular weight excluding hydrogens is 460 g/mol. The van der Waals surface area contributed by atoms with Gasteiger partial charge < -0.3 is 4.90 Å². The first-order valence-corrected chi connectivity index (χ1v) is 14.8. The number of piperidine rings is 1. The van der Waals surface area contributed by atoms with E-state index < -0.39 is 0 Å². The number of amides is 1. The number of benzene rings is 1. The van der Waals surface area contributed by atoms with Gasteiger partial charge in [-0.15, -0.1) is 11.8 Å². The molecule has 2 aromatic rings. The Morgan fingerprint density at radius 1 is 1.03 bits per heavy atom. The molecule has 6 rings (SSSR count). The third kappa shape index (κ3) is 3.80. The molecule has 34 heavy (non-hydrogen) atoms.